The molecule has 0 aliphatic carbocycles. The molecule has 2 amide bonds. The average molecular weight is 844 g/mol. The largest absolute Gasteiger partial charge is 0.514 e. The molecule has 58 heavy (non-hydrogen) atoms. The Morgan fingerprint density at radius 1 is 0.655 bits per heavy atom. The zero-order valence-electron chi connectivity index (χ0n) is 33.6. The minimum atomic E-state index is -0.317. The van der Waals surface area contributed by atoms with Crippen LogP contribution in [0.4, 0.5) is 22.7 Å². The third kappa shape index (κ3) is 9.20. The third-order valence-corrected chi connectivity index (χ3v) is 11.3. The van der Waals surface area contributed by atoms with Gasteiger partial charge in [-0.1, -0.05) is 82.7 Å². The molecule has 9 rings (SSSR count). The molecule has 1 saturated heterocycles. The van der Waals surface area contributed by atoms with E-state index in [0.29, 0.717) is 19.6 Å². The number of aromatic nitrogens is 4. The predicted octanol–water partition coefficient (Wildman–Crippen LogP) is 7.17. The minimum absolute atomic E-state index is 0.0201. The molecule has 12 nitrogen and oxygen atoms in total. The number of hydrogen-bond donors (Lipinski definition) is 2. The van der Waals surface area contributed by atoms with E-state index in [2.05, 4.69) is 76.9 Å². The van der Waals surface area contributed by atoms with E-state index in [0.717, 1.165) is 50.6 Å². The molecular formula is C44H48BBrN8O4. The maximum atomic E-state index is 12.0. The van der Waals surface area contributed by atoms with Crippen molar-refractivity contribution in [3.05, 3.63) is 137 Å². The van der Waals surface area contributed by atoms with Gasteiger partial charge >= 0.3 is 7.12 Å². The second-order valence-electron chi connectivity index (χ2n) is 15.5. The van der Waals surface area contributed by atoms with Gasteiger partial charge < -0.3 is 29.7 Å². The summed E-state index contributed by atoms with van der Waals surface area (Å²) >= 11 is 3.48. The number of aryl methyl sites for hydroxylation is 2. The summed E-state index contributed by atoms with van der Waals surface area (Å²) < 4.78 is 16.5. The van der Waals surface area contributed by atoms with Crippen molar-refractivity contribution < 1.29 is 18.9 Å². The first-order valence-electron chi connectivity index (χ1n) is 19.2. The Hall–Kier alpha value is -5.70. The monoisotopic (exact) mass is 842 g/mol. The molecule has 4 aromatic carbocycles. The lowest BCUT2D eigenvalue weighted by molar-refractivity contribution is -0.116. The maximum Gasteiger partial charge on any atom is 0.514 e. The molecule has 0 atom stereocenters. The van der Waals surface area contributed by atoms with Crippen LogP contribution in [0.25, 0.3) is 11.3 Å². The normalized spacial score (nSPS) is 16.2. The number of carbonyl (C=O) groups excluding carboxylic acids is 2. The highest BCUT2D eigenvalue weighted by molar-refractivity contribution is 9.10. The van der Waals surface area contributed by atoms with Crippen LogP contribution in [0.5, 0.6) is 0 Å². The molecule has 14 heteroatoms. The molecule has 0 radical (unpaired) electrons. The quantitative estimate of drug-likeness (QED) is 0.170. The van der Waals surface area contributed by atoms with Crippen LogP contribution in [0, 0.1) is 0 Å². The molecule has 298 valence electrons. The second kappa shape index (κ2) is 17.0. The summed E-state index contributed by atoms with van der Waals surface area (Å²) in [4.78, 5) is 28.0. The first-order chi connectivity index (χ1) is 27.8. The van der Waals surface area contributed by atoms with Gasteiger partial charge in [-0.05, 0) is 81.3 Å². The lowest BCUT2D eigenvalue weighted by Gasteiger charge is -2.32. The highest BCUT2D eigenvalue weighted by atomic mass is 79.9. The Bertz CT molecular complexity index is 2370. The Morgan fingerprint density at radius 3 is 1.66 bits per heavy atom. The molecule has 1 fully saturated rings. The zero-order chi connectivity index (χ0) is 41.0. The molecule has 2 aromatic heterocycles. The van der Waals surface area contributed by atoms with Crippen molar-refractivity contribution in [1.29, 1.82) is 0 Å². The number of halogens is 1. The fourth-order valence-corrected chi connectivity index (χ4v) is 7.30. The molecule has 6 aromatic rings. The predicted molar refractivity (Wildman–Crippen MR) is 234 cm³/mol. The van der Waals surface area contributed by atoms with Gasteiger partial charge in [0.05, 0.1) is 58.3 Å². The molecule has 2 N–H and O–H groups in total. The summed E-state index contributed by atoms with van der Waals surface area (Å²) in [6.45, 7) is 10.4. The topological polar surface area (TPSA) is 119 Å². The SMILES string of the molecule is Cn1nccc1-c1ccc2c(c1)N(Cc1ccccc1)CC(=O)N2.Cn1nccc1B1OC(C)(C)C(C)(C)O1.O=C1CN(Cc2ccccc2)c2cc(Br)ccc2N1. The number of hydrogen-bond acceptors (Lipinski definition) is 8. The van der Waals surface area contributed by atoms with E-state index in [-0.39, 0.29) is 30.1 Å². The lowest BCUT2D eigenvalue weighted by atomic mass is 9.85. The number of anilines is 4. The van der Waals surface area contributed by atoms with Crippen LogP contribution >= 0.6 is 15.9 Å². The molecule has 3 aliphatic heterocycles. The number of nitrogens with one attached hydrogen (secondary N) is 2. The van der Waals surface area contributed by atoms with Crippen LogP contribution in [-0.4, -0.2) is 62.8 Å². The second-order valence-corrected chi connectivity index (χ2v) is 16.4. The number of amides is 2. The summed E-state index contributed by atoms with van der Waals surface area (Å²) in [5.74, 6) is 0.0532. The first kappa shape index (κ1) is 40.5. The van der Waals surface area contributed by atoms with Gasteiger partial charge in [0.25, 0.3) is 0 Å². The van der Waals surface area contributed by atoms with Gasteiger partial charge in [0.1, 0.15) is 0 Å². The fraction of sp³-hybridized carbons (Fsp3) is 0.273. The van der Waals surface area contributed by atoms with Crippen LogP contribution in [0.1, 0.15) is 38.8 Å². The minimum Gasteiger partial charge on any atom is -0.398 e. The average Bonchev–Trinajstić information content (AvgIpc) is 3.88. The van der Waals surface area contributed by atoms with Crippen molar-refractivity contribution in [2.24, 2.45) is 14.1 Å². The van der Waals surface area contributed by atoms with Crippen molar-refractivity contribution in [3.63, 3.8) is 0 Å². The number of benzene rings is 4. The summed E-state index contributed by atoms with van der Waals surface area (Å²) in [7, 11) is 3.50. The number of carbonyl (C=O) groups is 2. The van der Waals surface area contributed by atoms with Gasteiger partial charge in [-0.15, -0.1) is 0 Å². The molecule has 0 saturated carbocycles. The van der Waals surface area contributed by atoms with Gasteiger partial charge in [0.15, 0.2) is 0 Å². The molecule has 3 aliphatic rings. The molecular weight excluding hydrogens is 795 g/mol. The maximum absolute atomic E-state index is 12.0. The van der Waals surface area contributed by atoms with Crippen molar-refractivity contribution in [3.8, 4) is 11.3 Å². The molecule has 5 heterocycles. The Morgan fingerprint density at radius 2 is 1.16 bits per heavy atom. The zero-order valence-corrected chi connectivity index (χ0v) is 35.2. The standard InChI is InChI=1S/C19H18N4O.C15H13BrN2O.C10H17BN2O2/c1-22-17(9-10-20-22)15-7-8-16-18(11-15)23(13-19(24)21-16)12-14-5-3-2-4-6-14;16-12-6-7-13-14(8-12)18(10-15(19)17-13)9-11-4-2-1-3-5-11;1-9(2)10(3,4)15-11(14-9)8-6-7-12-13(8)5/h2-11H,12-13H2,1H3,(H,21,24);1-8H,9-10H2,(H,17,19);6-7H,1-5H3. The van der Waals surface area contributed by atoms with Crippen LogP contribution < -0.4 is 26.0 Å². The van der Waals surface area contributed by atoms with Crippen molar-refractivity contribution in [1.82, 2.24) is 19.6 Å². The number of fused-ring (bicyclic) bond motifs is 2. The van der Waals surface area contributed by atoms with Gasteiger partial charge in [-0.2, -0.15) is 10.2 Å². The van der Waals surface area contributed by atoms with E-state index < -0.39 is 0 Å². The van der Waals surface area contributed by atoms with Crippen LogP contribution in [-0.2, 0) is 46.1 Å². The van der Waals surface area contributed by atoms with E-state index in [1.807, 2.05) is 125 Å². The smallest absolute Gasteiger partial charge is 0.398 e. The van der Waals surface area contributed by atoms with Crippen molar-refractivity contribution in [2.45, 2.75) is 52.0 Å². The number of nitrogens with zero attached hydrogens (tertiary/aromatic N) is 6. The van der Waals surface area contributed by atoms with E-state index in [1.165, 1.54) is 11.1 Å². The first-order valence-corrected chi connectivity index (χ1v) is 20.0. The Balaban J connectivity index is 0.000000136. The third-order valence-electron chi connectivity index (χ3n) is 10.8. The summed E-state index contributed by atoms with van der Waals surface area (Å²) in [5, 5.41) is 14.2. The van der Waals surface area contributed by atoms with E-state index in [1.54, 1.807) is 17.1 Å². The molecule has 0 spiro atoms. The number of rotatable bonds is 6. The molecule has 0 unspecified atom stereocenters. The van der Waals surface area contributed by atoms with Crippen molar-refractivity contribution >= 4 is 63.2 Å². The fourth-order valence-electron chi connectivity index (χ4n) is 6.95. The Labute approximate surface area is 348 Å². The van der Waals surface area contributed by atoms with E-state index in [9.17, 15) is 9.59 Å². The highest BCUT2D eigenvalue weighted by Gasteiger charge is 2.52. The Kier molecular flexibility index (Phi) is 11.9. The van der Waals surface area contributed by atoms with Gasteiger partial charge in [-0.3, -0.25) is 19.0 Å². The lowest BCUT2D eigenvalue weighted by Crippen LogP contribution is -2.41. The van der Waals surface area contributed by atoms with Crippen LogP contribution in [0.2, 0.25) is 0 Å². The summed E-state index contributed by atoms with van der Waals surface area (Å²) in [5.41, 5.74) is 8.71. The summed E-state index contributed by atoms with van der Waals surface area (Å²) in [6, 6.07) is 36.3. The van der Waals surface area contributed by atoms with Crippen LogP contribution in [0.3, 0.4) is 0 Å². The van der Waals surface area contributed by atoms with Gasteiger partial charge in [0, 0.05) is 49.6 Å². The van der Waals surface area contributed by atoms with E-state index >= 15 is 0 Å². The summed E-state index contributed by atoms with van der Waals surface area (Å²) in [6.07, 6.45) is 3.54. The van der Waals surface area contributed by atoms with Gasteiger partial charge in [0.2, 0.25) is 11.8 Å². The van der Waals surface area contributed by atoms with Crippen LogP contribution in [0.15, 0.2) is 126 Å². The highest BCUT2D eigenvalue weighted by Crippen LogP contribution is 2.37. The van der Waals surface area contributed by atoms with Crippen molar-refractivity contribution in [2.75, 3.05) is 33.5 Å². The molecule has 0 bridgehead atoms. The van der Waals surface area contributed by atoms with Gasteiger partial charge in [-0.25, -0.2) is 0 Å². The van der Waals surface area contributed by atoms with E-state index in [4.69, 9.17) is 9.31 Å².